The molecule has 0 unspecified atom stereocenters. The second-order valence-corrected chi connectivity index (χ2v) is 6.82. The van der Waals surface area contributed by atoms with Gasteiger partial charge in [-0.1, -0.05) is 30.0 Å². The van der Waals surface area contributed by atoms with Crippen LogP contribution in [-0.4, -0.2) is 24.4 Å². The van der Waals surface area contributed by atoms with Gasteiger partial charge in [0.25, 0.3) is 5.91 Å². The van der Waals surface area contributed by atoms with Gasteiger partial charge >= 0.3 is 0 Å². The van der Waals surface area contributed by atoms with Crippen LogP contribution >= 0.6 is 24.0 Å². The molecule has 0 aromatic heterocycles. The fourth-order valence-corrected chi connectivity index (χ4v) is 3.67. The maximum Gasteiger partial charge on any atom is 0.270 e. The van der Waals surface area contributed by atoms with E-state index in [0.29, 0.717) is 26.4 Å². The summed E-state index contributed by atoms with van der Waals surface area (Å²) in [6.45, 7) is 0. The van der Waals surface area contributed by atoms with Gasteiger partial charge in [-0.2, -0.15) is 0 Å². The summed E-state index contributed by atoms with van der Waals surface area (Å²) in [6, 6.07) is 11.1. The number of thiocarbonyl (C=S) groups is 1. The number of hydrogen-bond acceptors (Lipinski definition) is 5. The molecular formula is C18H14FNO3S2. The predicted octanol–water partition coefficient (Wildman–Crippen LogP) is 4.25. The molecule has 1 saturated heterocycles. The van der Waals surface area contributed by atoms with Crippen LogP contribution < -0.4 is 14.4 Å². The first-order valence-electron chi connectivity index (χ1n) is 7.28. The second-order valence-electron chi connectivity index (χ2n) is 5.14. The number of methoxy groups -OCH3 is 2. The van der Waals surface area contributed by atoms with Gasteiger partial charge in [0.1, 0.15) is 17.3 Å². The van der Waals surface area contributed by atoms with Gasteiger partial charge in [-0.25, -0.2) is 4.39 Å². The Kier molecular flexibility index (Phi) is 5.06. The van der Waals surface area contributed by atoms with Crippen LogP contribution in [0.25, 0.3) is 6.08 Å². The molecule has 1 aliphatic heterocycles. The molecule has 1 aliphatic rings. The van der Waals surface area contributed by atoms with Crippen LogP contribution in [0.5, 0.6) is 11.5 Å². The number of halogens is 1. The van der Waals surface area contributed by atoms with E-state index in [-0.39, 0.29) is 5.91 Å². The standard InChI is InChI=1S/C18H14FNO3S2/c1-22-14-6-11(7-15(10-14)23-2)8-16-17(21)20(18(24)25-16)13-5-3-4-12(19)9-13/h3-10H,1-2H3/b16-8-. The molecule has 25 heavy (non-hydrogen) atoms. The SMILES string of the molecule is COc1cc(/C=C2\SC(=S)N(c3cccc(F)c3)C2=O)cc(OC)c1. The Balaban J connectivity index is 1.95. The molecule has 0 N–H and O–H groups in total. The first kappa shape index (κ1) is 17.4. The van der Waals surface area contributed by atoms with Gasteiger partial charge in [0.2, 0.25) is 0 Å². The highest BCUT2D eigenvalue weighted by Crippen LogP contribution is 2.37. The summed E-state index contributed by atoms with van der Waals surface area (Å²) in [5.41, 5.74) is 1.16. The zero-order chi connectivity index (χ0) is 18.0. The van der Waals surface area contributed by atoms with Crippen LogP contribution in [0.3, 0.4) is 0 Å². The topological polar surface area (TPSA) is 38.8 Å². The number of thioether (sulfide) groups is 1. The van der Waals surface area contributed by atoms with E-state index >= 15 is 0 Å². The van der Waals surface area contributed by atoms with Crippen molar-refractivity contribution in [1.29, 1.82) is 0 Å². The van der Waals surface area contributed by atoms with E-state index in [9.17, 15) is 9.18 Å². The number of benzene rings is 2. The number of hydrogen-bond donors (Lipinski definition) is 0. The smallest absolute Gasteiger partial charge is 0.270 e. The minimum Gasteiger partial charge on any atom is -0.497 e. The Morgan fingerprint density at radius 3 is 2.40 bits per heavy atom. The average molecular weight is 375 g/mol. The van der Waals surface area contributed by atoms with E-state index in [2.05, 4.69) is 0 Å². The number of nitrogens with zero attached hydrogens (tertiary/aromatic N) is 1. The fraction of sp³-hybridized carbons (Fsp3) is 0.111. The van der Waals surface area contributed by atoms with Gasteiger partial charge in [-0.3, -0.25) is 9.69 Å². The third-order valence-electron chi connectivity index (χ3n) is 3.53. The Morgan fingerprint density at radius 2 is 1.80 bits per heavy atom. The maximum atomic E-state index is 13.5. The van der Waals surface area contributed by atoms with Crippen molar-refractivity contribution in [1.82, 2.24) is 0 Å². The highest BCUT2D eigenvalue weighted by atomic mass is 32.2. The van der Waals surface area contributed by atoms with E-state index in [1.807, 2.05) is 0 Å². The summed E-state index contributed by atoms with van der Waals surface area (Å²) in [5.74, 6) is 0.521. The Bertz CT molecular complexity index is 860. The third-order valence-corrected chi connectivity index (χ3v) is 4.83. The largest absolute Gasteiger partial charge is 0.497 e. The van der Waals surface area contributed by atoms with E-state index in [1.54, 1.807) is 50.6 Å². The molecule has 1 heterocycles. The minimum atomic E-state index is -0.423. The van der Waals surface area contributed by atoms with Crippen molar-refractivity contribution in [3.63, 3.8) is 0 Å². The average Bonchev–Trinajstić information content (AvgIpc) is 2.88. The quantitative estimate of drug-likeness (QED) is 0.590. The van der Waals surface area contributed by atoms with Gasteiger partial charge < -0.3 is 9.47 Å². The van der Waals surface area contributed by atoms with Gasteiger partial charge in [-0.05, 0) is 42.0 Å². The van der Waals surface area contributed by atoms with E-state index in [1.165, 1.54) is 28.8 Å². The summed E-state index contributed by atoms with van der Waals surface area (Å²) in [7, 11) is 3.12. The number of anilines is 1. The number of carbonyl (C=O) groups is 1. The summed E-state index contributed by atoms with van der Waals surface area (Å²) in [6.07, 6.45) is 1.71. The molecule has 2 aromatic rings. The van der Waals surface area contributed by atoms with Crippen molar-refractivity contribution >= 4 is 46.0 Å². The molecule has 128 valence electrons. The molecule has 0 aliphatic carbocycles. The Labute approximate surface area is 154 Å². The molecule has 3 rings (SSSR count). The lowest BCUT2D eigenvalue weighted by molar-refractivity contribution is -0.113. The van der Waals surface area contributed by atoms with Crippen LogP contribution in [0.2, 0.25) is 0 Å². The van der Waals surface area contributed by atoms with Gasteiger partial charge in [0.15, 0.2) is 4.32 Å². The van der Waals surface area contributed by atoms with Crippen molar-refractivity contribution in [3.8, 4) is 11.5 Å². The Morgan fingerprint density at radius 1 is 1.12 bits per heavy atom. The van der Waals surface area contributed by atoms with Crippen molar-refractivity contribution < 1.29 is 18.7 Å². The molecule has 0 saturated carbocycles. The van der Waals surface area contributed by atoms with Crippen LogP contribution in [0.1, 0.15) is 5.56 Å². The van der Waals surface area contributed by atoms with Crippen molar-refractivity contribution in [2.45, 2.75) is 0 Å². The summed E-state index contributed by atoms with van der Waals surface area (Å²) in [4.78, 5) is 14.5. The van der Waals surface area contributed by atoms with Crippen LogP contribution in [0, 0.1) is 5.82 Å². The highest BCUT2D eigenvalue weighted by molar-refractivity contribution is 8.27. The summed E-state index contributed by atoms with van der Waals surface area (Å²) >= 11 is 6.46. The molecule has 0 bridgehead atoms. The number of rotatable bonds is 4. The molecule has 0 atom stereocenters. The molecule has 7 heteroatoms. The van der Waals surface area contributed by atoms with Gasteiger partial charge in [-0.15, -0.1) is 0 Å². The highest BCUT2D eigenvalue weighted by Gasteiger charge is 2.33. The monoisotopic (exact) mass is 375 g/mol. The first-order chi connectivity index (χ1) is 12.0. The lowest BCUT2D eigenvalue weighted by Crippen LogP contribution is -2.27. The number of amides is 1. The minimum absolute atomic E-state index is 0.289. The molecule has 2 aromatic carbocycles. The molecule has 1 amide bonds. The lowest BCUT2D eigenvalue weighted by Gasteiger charge is -2.14. The summed E-state index contributed by atoms with van der Waals surface area (Å²) < 4.78 is 24.3. The molecule has 0 spiro atoms. The zero-order valence-corrected chi connectivity index (χ0v) is 15.1. The lowest BCUT2D eigenvalue weighted by atomic mass is 10.1. The van der Waals surface area contributed by atoms with Crippen LogP contribution in [-0.2, 0) is 4.79 Å². The van der Waals surface area contributed by atoms with Crippen LogP contribution in [0.4, 0.5) is 10.1 Å². The zero-order valence-electron chi connectivity index (χ0n) is 13.5. The Hall–Kier alpha value is -2.38. The van der Waals surface area contributed by atoms with Crippen molar-refractivity contribution in [2.75, 3.05) is 19.1 Å². The second kappa shape index (κ2) is 7.25. The van der Waals surface area contributed by atoms with Crippen molar-refractivity contribution in [3.05, 3.63) is 58.8 Å². The molecule has 1 fully saturated rings. The van der Waals surface area contributed by atoms with Gasteiger partial charge in [0, 0.05) is 6.07 Å². The number of carbonyl (C=O) groups excluding carboxylic acids is 1. The predicted molar refractivity (Wildman–Crippen MR) is 102 cm³/mol. The van der Waals surface area contributed by atoms with E-state index < -0.39 is 5.82 Å². The summed E-state index contributed by atoms with van der Waals surface area (Å²) in [5, 5.41) is 0. The maximum absolute atomic E-state index is 13.5. The molecule has 4 nitrogen and oxygen atoms in total. The third kappa shape index (κ3) is 3.67. The molecular weight excluding hydrogens is 361 g/mol. The van der Waals surface area contributed by atoms with Crippen molar-refractivity contribution in [2.24, 2.45) is 0 Å². The normalized spacial score (nSPS) is 15.8. The van der Waals surface area contributed by atoms with E-state index in [0.717, 1.165) is 5.56 Å². The van der Waals surface area contributed by atoms with Crippen LogP contribution in [0.15, 0.2) is 47.4 Å². The number of ether oxygens (including phenoxy) is 2. The fourth-order valence-electron chi connectivity index (χ4n) is 2.37. The van der Waals surface area contributed by atoms with E-state index in [4.69, 9.17) is 21.7 Å². The first-order valence-corrected chi connectivity index (χ1v) is 8.51. The molecule has 0 radical (unpaired) electrons. The van der Waals surface area contributed by atoms with Gasteiger partial charge in [0.05, 0.1) is 24.8 Å².